The highest BCUT2D eigenvalue weighted by molar-refractivity contribution is 6.30. The van der Waals surface area contributed by atoms with Crippen LogP contribution in [0, 0.1) is 5.21 Å². The predicted molar refractivity (Wildman–Crippen MR) is 97.0 cm³/mol. The number of benzene rings is 1. The van der Waals surface area contributed by atoms with E-state index in [1.165, 1.54) is 0 Å². The van der Waals surface area contributed by atoms with E-state index >= 15 is 0 Å². The molecular formula is C16H21Cl3N2O. The summed E-state index contributed by atoms with van der Waals surface area (Å²) < 4.78 is -0.295. The van der Waals surface area contributed by atoms with Gasteiger partial charge in [0.15, 0.2) is 0 Å². The van der Waals surface area contributed by atoms with Crippen LogP contribution in [0.25, 0.3) is 0 Å². The van der Waals surface area contributed by atoms with Gasteiger partial charge in [-0.1, -0.05) is 29.8 Å². The predicted octanol–water partition coefficient (Wildman–Crippen LogP) is 4.67. The van der Waals surface area contributed by atoms with E-state index in [4.69, 9.17) is 11.6 Å². The molecule has 22 heavy (non-hydrogen) atoms. The molecule has 1 unspecified atom stereocenters. The molecule has 0 amide bonds. The van der Waals surface area contributed by atoms with E-state index < -0.39 is 0 Å². The Bertz CT molecular complexity index is 542. The normalized spacial score (nSPS) is 12.0. The zero-order chi connectivity index (χ0) is 14.6. The average Bonchev–Trinajstić information content (AvgIpc) is 2.41. The maximum atomic E-state index is 11.8. The zero-order valence-electron chi connectivity index (χ0n) is 12.6. The highest BCUT2D eigenvalue weighted by Gasteiger charge is 2.18. The second-order valence-electron chi connectivity index (χ2n) is 5.44. The van der Waals surface area contributed by atoms with Crippen LogP contribution in [-0.4, -0.2) is 30.3 Å². The standard InChI is InChI=1S/C16H19ClN2O.2ClH/c1-19(2,20)12-10-15(16-5-3-4-11-18-16)13-6-8-14(17)9-7-13;;/h3-9,11,15H,10,12H2,1-2H3;2*1H. The van der Waals surface area contributed by atoms with Gasteiger partial charge >= 0.3 is 0 Å². The minimum Gasteiger partial charge on any atom is -0.633 e. The Hall–Kier alpha value is -0.840. The number of rotatable bonds is 5. The summed E-state index contributed by atoms with van der Waals surface area (Å²) in [4.78, 5) is 4.44. The molecule has 6 heteroatoms. The molecular weight excluding hydrogens is 343 g/mol. The largest absolute Gasteiger partial charge is 0.633 e. The average molecular weight is 364 g/mol. The van der Waals surface area contributed by atoms with E-state index in [9.17, 15) is 5.21 Å². The number of quaternary nitrogens is 1. The van der Waals surface area contributed by atoms with Gasteiger partial charge in [0.2, 0.25) is 0 Å². The summed E-state index contributed by atoms with van der Waals surface area (Å²) in [5.74, 6) is 0.125. The van der Waals surface area contributed by atoms with Crippen molar-refractivity contribution < 1.29 is 4.65 Å². The molecule has 1 aromatic heterocycles. The quantitative estimate of drug-likeness (QED) is 0.571. The molecule has 1 atom stereocenters. The molecule has 1 heterocycles. The van der Waals surface area contributed by atoms with E-state index in [1.807, 2.05) is 42.5 Å². The number of nitrogens with zero attached hydrogens (tertiary/aromatic N) is 2. The Kier molecular flexibility index (Phi) is 8.98. The van der Waals surface area contributed by atoms with Crippen molar-refractivity contribution in [2.75, 3.05) is 20.6 Å². The number of pyridine rings is 1. The molecule has 0 N–H and O–H groups in total. The smallest absolute Gasteiger partial charge is 0.0789 e. The minimum atomic E-state index is -0.295. The Balaban J connectivity index is 0.00000220. The lowest BCUT2D eigenvalue weighted by Gasteiger charge is -2.35. The lowest BCUT2D eigenvalue weighted by molar-refractivity contribution is -0.840. The van der Waals surface area contributed by atoms with Gasteiger partial charge in [-0.2, -0.15) is 0 Å². The summed E-state index contributed by atoms with van der Waals surface area (Å²) in [5.41, 5.74) is 2.13. The van der Waals surface area contributed by atoms with Crippen molar-refractivity contribution in [3.63, 3.8) is 0 Å². The lowest BCUT2D eigenvalue weighted by Crippen LogP contribution is -2.34. The summed E-state index contributed by atoms with van der Waals surface area (Å²) in [7, 11) is 3.33. The first-order valence-electron chi connectivity index (χ1n) is 6.66. The van der Waals surface area contributed by atoms with E-state index in [0.717, 1.165) is 17.7 Å². The summed E-state index contributed by atoms with van der Waals surface area (Å²) in [6.45, 7) is 0.546. The van der Waals surface area contributed by atoms with E-state index in [0.29, 0.717) is 11.6 Å². The van der Waals surface area contributed by atoms with Crippen molar-refractivity contribution in [1.29, 1.82) is 0 Å². The molecule has 2 rings (SSSR count). The van der Waals surface area contributed by atoms with Gasteiger partial charge in [-0.25, -0.2) is 0 Å². The summed E-state index contributed by atoms with van der Waals surface area (Å²) in [5, 5.41) is 12.5. The Labute approximate surface area is 149 Å². The number of hydrogen-bond donors (Lipinski definition) is 0. The number of aromatic nitrogens is 1. The zero-order valence-corrected chi connectivity index (χ0v) is 15.0. The van der Waals surface area contributed by atoms with Gasteiger partial charge in [0, 0.05) is 29.3 Å². The second-order valence-corrected chi connectivity index (χ2v) is 5.88. The van der Waals surface area contributed by atoms with Crippen molar-refractivity contribution >= 4 is 36.4 Å². The number of hydrogen-bond acceptors (Lipinski definition) is 2. The fourth-order valence-electron chi connectivity index (χ4n) is 2.20. The molecule has 3 nitrogen and oxygen atoms in total. The van der Waals surface area contributed by atoms with Crippen LogP contribution in [0.1, 0.15) is 23.6 Å². The van der Waals surface area contributed by atoms with Gasteiger partial charge < -0.3 is 9.85 Å². The fraction of sp³-hybridized carbons (Fsp3) is 0.312. The topological polar surface area (TPSA) is 36.0 Å². The monoisotopic (exact) mass is 362 g/mol. The Morgan fingerprint density at radius 3 is 2.23 bits per heavy atom. The van der Waals surface area contributed by atoms with Crippen LogP contribution in [0.4, 0.5) is 0 Å². The third-order valence-electron chi connectivity index (χ3n) is 3.27. The number of halogens is 3. The molecule has 2 aromatic rings. The molecule has 0 aliphatic rings. The summed E-state index contributed by atoms with van der Waals surface area (Å²) >= 11 is 5.94. The molecule has 1 aromatic carbocycles. The highest BCUT2D eigenvalue weighted by Crippen LogP contribution is 2.28. The van der Waals surface area contributed by atoms with Crippen molar-refractivity contribution in [2.45, 2.75) is 12.3 Å². The first-order chi connectivity index (χ1) is 9.46. The van der Waals surface area contributed by atoms with Crippen molar-refractivity contribution in [3.05, 3.63) is 70.1 Å². The van der Waals surface area contributed by atoms with Gasteiger partial charge in [-0.05, 0) is 29.8 Å². The third kappa shape index (κ3) is 6.51. The molecule has 0 saturated heterocycles. The van der Waals surface area contributed by atoms with Crippen LogP contribution < -0.4 is 0 Å². The number of hydroxylamine groups is 3. The van der Waals surface area contributed by atoms with E-state index in [1.54, 1.807) is 20.3 Å². The fourth-order valence-corrected chi connectivity index (χ4v) is 2.33. The second kappa shape index (κ2) is 9.33. The SMILES string of the molecule is C[N+](C)([O-])CCC(c1ccc(Cl)cc1)c1ccccn1.Cl.Cl. The van der Waals surface area contributed by atoms with Crippen LogP contribution in [0.5, 0.6) is 0 Å². The molecule has 0 saturated carbocycles. The molecule has 0 bridgehead atoms. The van der Waals surface area contributed by atoms with Crippen LogP contribution in [0.15, 0.2) is 48.7 Å². The molecule has 0 spiro atoms. The Morgan fingerprint density at radius 1 is 1.09 bits per heavy atom. The van der Waals surface area contributed by atoms with E-state index in [2.05, 4.69) is 4.98 Å². The maximum Gasteiger partial charge on any atom is 0.0789 e. The molecule has 0 fully saturated rings. The molecule has 0 aliphatic heterocycles. The highest BCUT2D eigenvalue weighted by atomic mass is 35.5. The van der Waals surface area contributed by atoms with Gasteiger partial charge in [-0.15, -0.1) is 24.8 Å². The first kappa shape index (κ1) is 21.2. The van der Waals surface area contributed by atoms with Crippen molar-refractivity contribution in [2.24, 2.45) is 0 Å². The van der Waals surface area contributed by atoms with E-state index in [-0.39, 0.29) is 35.4 Å². The summed E-state index contributed by atoms with van der Waals surface area (Å²) in [6, 6.07) is 13.6. The molecule has 122 valence electrons. The van der Waals surface area contributed by atoms with Crippen molar-refractivity contribution in [3.8, 4) is 0 Å². The van der Waals surface area contributed by atoms with Crippen LogP contribution >= 0.6 is 36.4 Å². The summed E-state index contributed by atoms with van der Waals surface area (Å²) in [6.07, 6.45) is 2.55. The van der Waals surface area contributed by atoms with Crippen LogP contribution in [0.3, 0.4) is 0 Å². The lowest BCUT2D eigenvalue weighted by atomic mass is 9.92. The minimum absolute atomic E-state index is 0. The van der Waals surface area contributed by atoms with Crippen LogP contribution in [0.2, 0.25) is 5.02 Å². The third-order valence-corrected chi connectivity index (χ3v) is 3.53. The van der Waals surface area contributed by atoms with Gasteiger partial charge in [-0.3, -0.25) is 4.98 Å². The van der Waals surface area contributed by atoms with Crippen LogP contribution in [-0.2, 0) is 0 Å². The molecule has 0 aliphatic carbocycles. The van der Waals surface area contributed by atoms with Crippen molar-refractivity contribution in [1.82, 2.24) is 4.98 Å². The maximum absolute atomic E-state index is 11.8. The molecule has 0 radical (unpaired) electrons. The van der Waals surface area contributed by atoms with Gasteiger partial charge in [0.25, 0.3) is 0 Å². The first-order valence-corrected chi connectivity index (χ1v) is 7.04. The Morgan fingerprint density at radius 2 is 1.73 bits per heavy atom. The van der Waals surface area contributed by atoms with Gasteiger partial charge in [0.1, 0.15) is 0 Å². The van der Waals surface area contributed by atoms with Gasteiger partial charge in [0.05, 0.1) is 20.6 Å².